The van der Waals surface area contributed by atoms with E-state index in [2.05, 4.69) is 10.6 Å². The molecule has 0 saturated heterocycles. The molecule has 6 heteroatoms. The van der Waals surface area contributed by atoms with Crippen LogP contribution in [0.5, 0.6) is 0 Å². The number of alkyl halides is 1. The molecule has 3 N–H and O–H groups in total. The molecule has 0 heterocycles. The highest BCUT2D eigenvalue weighted by molar-refractivity contribution is 6.17. The van der Waals surface area contributed by atoms with Gasteiger partial charge in [0.15, 0.2) is 0 Å². The van der Waals surface area contributed by atoms with Gasteiger partial charge in [-0.05, 0) is 17.7 Å². The van der Waals surface area contributed by atoms with Gasteiger partial charge in [-0.1, -0.05) is 12.1 Å². The average Bonchev–Trinajstić information content (AvgIpc) is 2.34. The Morgan fingerprint density at radius 2 is 1.71 bits per heavy atom. The van der Waals surface area contributed by atoms with E-state index < -0.39 is 6.09 Å². The molecule has 1 rings (SSSR count). The second-order valence-electron chi connectivity index (χ2n) is 3.32. The van der Waals surface area contributed by atoms with Crippen molar-refractivity contribution in [2.45, 2.75) is 5.88 Å². The highest BCUT2D eigenvalue weighted by atomic mass is 35.5. The molecule has 0 aliphatic carbocycles. The number of carboxylic acid groups (broad SMARTS) is 1. The Labute approximate surface area is 104 Å². The van der Waals surface area contributed by atoms with Crippen molar-refractivity contribution in [1.82, 2.24) is 10.6 Å². The van der Waals surface area contributed by atoms with Crippen LogP contribution in [0.1, 0.15) is 15.9 Å². The maximum absolute atomic E-state index is 11.6. The van der Waals surface area contributed by atoms with Crippen molar-refractivity contribution in [3.05, 3.63) is 35.4 Å². The first-order valence-electron chi connectivity index (χ1n) is 5.03. The zero-order valence-electron chi connectivity index (χ0n) is 9.07. The lowest BCUT2D eigenvalue weighted by molar-refractivity contribution is 0.0953. The average molecular weight is 257 g/mol. The van der Waals surface area contributed by atoms with Crippen molar-refractivity contribution < 1.29 is 14.7 Å². The summed E-state index contributed by atoms with van der Waals surface area (Å²) in [4.78, 5) is 21.7. The number of amides is 2. The predicted octanol–water partition coefficient (Wildman–Crippen LogP) is 1.42. The first-order valence-corrected chi connectivity index (χ1v) is 5.57. The molecule has 5 nitrogen and oxygen atoms in total. The Kier molecular flexibility index (Phi) is 5.29. The van der Waals surface area contributed by atoms with Crippen LogP contribution >= 0.6 is 11.6 Å². The number of benzene rings is 1. The van der Waals surface area contributed by atoms with Crippen LogP contribution in [0, 0.1) is 0 Å². The molecule has 0 aliphatic rings. The van der Waals surface area contributed by atoms with Crippen LogP contribution in [0.2, 0.25) is 0 Å². The third-order valence-electron chi connectivity index (χ3n) is 2.06. The maximum atomic E-state index is 11.6. The van der Waals surface area contributed by atoms with Crippen LogP contribution in [-0.4, -0.2) is 30.2 Å². The smallest absolute Gasteiger partial charge is 0.404 e. The summed E-state index contributed by atoms with van der Waals surface area (Å²) in [6.07, 6.45) is -1.11. The van der Waals surface area contributed by atoms with Gasteiger partial charge in [0.1, 0.15) is 0 Å². The standard InChI is InChI=1S/C11H13ClN2O3/c12-7-8-1-3-9(4-2-8)10(15)13-5-6-14-11(16)17/h1-4,14H,5-7H2,(H,13,15)(H,16,17). The number of hydrogen-bond acceptors (Lipinski definition) is 2. The first-order chi connectivity index (χ1) is 8.13. The minimum Gasteiger partial charge on any atom is -0.465 e. The van der Waals surface area contributed by atoms with Gasteiger partial charge in [-0.25, -0.2) is 4.79 Å². The molecule has 0 atom stereocenters. The topological polar surface area (TPSA) is 78.4 Å². The van der Waals surface area contributed by atoms with Crippen LogP contribution in [0.4, 0.5) is 4.79 Å². The predicted molar refractivity (Wildman–Crippen MR) is 64.4 cm³/mol. The number of rotatable bonds is 5. The maximum Gasteiger partial charge on any atom is 0.404 e. The Morgan fingerprint density at radius 1 is 1.12 bits per heavy atom. The van der Waals surface area contributed by atoms with E-state index in [9.17, 15) is 9.59 Å². The van der Waals surface area contributed by atoms with Crippen molar-refractivity contribution in [3.8, 4) is 0 Å². The van der Waals surface area contributed by atoms with E-state index >= 15 is 0 Å². The summed E-state index contributed by atoms with van der Waals surface area (Å²) in [7, 11) is 0. The number of carbonyl (C=O) groups is 2. The van der Waals surface area contributed by atoms with Crippen LogP contribution in [0.25, 0.3) is 0 Å². The Bertz CT molecular complexity index is 392. The normalized spacial score (nSPS) is 9.71. The number of carbonyl (C=O) groups excluding carboxylic acids is 1. The zero-order chi connectivity index (χ0) is 12.7. The van der Waals surface area contributed by atoms with Gasteiger partial charge in [0.25, 0.3) is 5.91 Å². The van der Waals surface area contributed by atoms with Gasteiger partial charge in [-0.2, -0.15) is 0 Å². The largest absolute Gasteiger partial charge is 0.465 e. The van der Waals surface area contributed by atoms with E-state index in [1.165, 1.54) is 0 Å². The lowest BCUT2D eigenvalue weighted by atomic mass is 10.1. The molecule has 0 fully saturated rings. The van der Waals surface area contributed by atoms with Crippen LogP contribution in [-0.2, 0) is 5.88 Å². The van der Waals surface area contributed by atoms with E-state index in [0.717, 1.165) is 5.56 Å². The number of nitrogens with one attached hydrogen (secondary N) is 2. The van der Waals surface area contributed by atoms with Crippen molar-refractivity contribution >= 4 is 23.6 Å². The zero-order valence-corrected chi connectivity index (χ0v) is 9.83. The minimum atomic E-state index is -1.11. The Morgan fingerprint density at radius 3 is 2.24 bits per heavy atom. The van der Waals surface area contributed by atoms with Crippen molar-refractivity contribution in [2.24, 2.45) is 0 Å². The van der Waals surface area contributed by atoms with E-state index in [0.29, 0.717) is 11.4 Å². The summed E-state index contributed by atoms with van der Waals surface area (Å²) >= 11 is 5.63. The molecule has 92 valence electrons. The van der Waals surface area contributed by atoms with Crippen molar-refractivity contribution in [2.75, 3.05) is 13.1 Å². The summed E-state index contributed by atoms with van der Waals surface area (Å²) in [5.41, 5.74) is 1.46. The molecular formula is C11H13ClN2O3. The van der Waals surface area contributed by atoms with Gasteiger partial charge in [0, 0.05) is 24.5 Å². The molecule has 0 spiro atoms. The molecule has 0 aromatic heterocycles. The van der Waals surface area contributed by atoms with Gasteiger partial charge < -0.3 is 15.7 Å². The summed E-state index contributed by atoms with van der Waals surface area (Å²) in [5.74, 6) is 0.169. The fraction of sp³-hybridized carbons (Fsp3) is 0.273. The highest BCUT2D eigenvalue weighted by Crippen LogP contribution is 2.06. The van der Waals surface area contributed by atoms with Gasteiger partial charge in [-0.3, -0.25) is 4.79 Å². The Balaban J connectivity index is 2.38. The number of hydrogen-bond donors (Lipinski definition) is 3. The van der Waals surface area contributed by atoms with Gasteiger partial charge in [0.05, 0.1) is 0 Å². The molecule has 0 radical (unpaired) electrons. The van der Waals surface area contributed by atoms with Gasteiger partial charge in [0.2, 0.25) is 0 Å². The molecule has 0 saturated carbocycles. The second-order valence-corrected chi connectivity index (χ2v) is 3.59. The van der Waals surface area contributed by atoms with E-state index in [1.54, 1.807) is 24.3 Å². The monoisotopic (exact) mass is 256 g/mol. The second kappa shape index (κ2) is 6.75. The minimum absolute atomic E-state index is 0.181. The van der Waals surface area contributed by atoms with Crippen molar-refractivity contribution in [1.29, 1.82) is 0 Å². The molecule has 2 amide bonds. The van der Waals surface area contributed by atoms with Crippen molar-refractivity contribution in [3.63, 3.8) is 0 Å². The number of halogens is 1. The highest BCUT2D eigenvalue weighted by Gasteiger charge is 2.04. The fourth-order valence-electron chi connectivity index (χ4n) is 1.19. The van der Waals surface area contributed by atoms with E-state index in [1.807, 2.05) is 0 Å². The quantitative estimate of drug-likeness (QED) is 0.551. The SMILES string of the molecule is O=C(O)NCCNC(=O)c1ccc(CCl)cc1. The summed E-state index contributed by atoms with van der Waals surface area (Å²) < 4.78 is 0. The van der Waals surface area contributed by atoms with Crippen LogP contribution in [0.3, 0.4) is 0 Å². The molecule has 1 aromatic carbocycles. The lowest BCUT2D eigenvalue weighted by Crippen LogP contribution is -2.33. The Hall–Kier alpha value is -1.75. The summed E-state index contributed by atoms with van der Waals surface area (Å²) in [5, 5.41) is 13.1. The first kappa shape index (κ1) is 13.3. The molecule has 0 aliphatic heterocycles. The van der Waals surface area contributed by atoms with Gasteiger partial charge in [-0.15, -0.1) is 11.6 Å². The lowest BCUT2D eigenvalue weighted by Gasteiger charge is -2.05. The van der Waals surface area contributed by atoms with Crippen LogP contribution in [0.15, 0.2) is 24.3 Å². The van der Waals surface area contributed by atoms with E-state index in [-0.39, 0.29) is 19.0 Å². The summed E-state index contributed by atoms with van der Waals surface area (Å²) in [6.45, 7) is 0.434. The third kappa shape index (κ3) is 4.74. The molecule has 0 bridgehead atoms. The fourth-order valence-corrected chi connectivity index (χ4v) is 1.37. The van der Waals surface area contributed by atoms with E-state index in [4.69, 9.17) is 16.7 Å². The molecule has 1 aromatic rings. The molecule has 17 heavy (non-hydrogen) atoms. The van der Waals surface area contributed by atoms with Gasteiger partial charge >= 0.3 is 6.09 Å². The molecular weight excluding hydrogens is 244 g/mol. The third-order valence-corrected chi connectivity index (χ3v) is 2.37. The van der Waals surface area contributed by atoms with Crippen LogP contribution < -0.4 is 10.6 Å². The summed E-state index contributed by atoms with van der Waals surface area (Å²) in [6, 6.07) is 6.91. The molecule has 0 unspecified atom stereocenters.